The summed E-state index contributed by atoms with van der Waals surface area (Å²) in [6.45, 7) is 0. The number of rotatable bonds is 4. The molecule has 0 radical (unpaired) electrons. The van der Waals surface area contributed by atoms with Crippen molar-refractivity contribution in [2.75, 3.05) is 0 Å². The van der Waals surface area contributed by atoms with Crippen molar-refractivity contribution < 1.29 is 35.8 Å². The van der Waals surface area contributed by atoms with Gasteiger partial charge in [-0.25, -0.2) is 0 Å². The minimum Gasteiger partial charge on any atom is -0.406 e. The number of benzene rings is 4. The van der Waals surface area contributed by atoms with Gasteiger partial charge in [0.25, 0.3) is 0 Å². The second-order valence-electron chi connectivity index (χ2n) is 10.4. The molecule has 0 aliphatic heterocycles. The number of halogens is 6. The molecule has 4 aromatic rings. The summed E-state index contributed by atoms with van der Waals surface area (Å²) >= 11 is 0. The minimum absolute atomic E-state index is 0.247. The fourth-order valence-electron chi connectivity index (χ4n) is 5.85. The molecule has 6 rings (SSSR count). The molecule has 6 nitrogen and oxygen atoms in total. The van der Waals surface area contributed by atoms with E-state index in [1.165, 1.54) is 24.3 Å². The predicted octanol–water partition coefficient (Wildman–Crippen LogP) is 9.36. The molecule has 0 heterocycles. The van der Waals surface area contributed by atoms with E-state index >= 15 is 0 Å². The van der Waals surface area contributed by atoms with Crippen LogP contribution in [0.15, 0.2) is 96.1 Å². The molecule has 4 aromatic carbocycles. The van der Waals surface area contributed by atoms with Crippen LogP contribution in [0.4, 0.5) is 26.3 Å². The van der Waals surface area contributed by atoms with E-state index < -0.39 is 24.2 Å². The molecular formula is C36H14F6N4O2. The Balaban J connectivity index is 1.50. The highest BCUT2D eigenvalue weighted by Gasteiger charge is 2.40. The van der Waals surface area contributed by atoms with Crippen LogP contribution in [0.25, 0.3) is 44.5 Å². The summed E-state index contributed by atoms with van der Waals surface area (Å²) in [5.41, 5.74) is 4.86. The van der Waals surface area contributed by atoms with Crippen LogP contribution in [0, 0.1) is 45.3 Å². The van der Waals surface area contributed by atoms with E-state index in [0.717, 1.165) is 24.3 Å². The van der Waals surface area contributed by atoms with Crippen LogP contribution < -0.4 is 9.47 Å². The van der Waals surface area contributed by atoms with Crippen molar-refractivity contribution in [2.45, 2.75) is 12.7 Å². The number of hydrogen-bond donors (Lipinski definition) is 0. The number of alkyl halides is 6. The van der Waals surface area contributed by atoms with Gasteiger partial charge in [-0.1, -0.05) is 48.5 Å². The Kier molecular flexibility index (Phi) is 7.52. The maximum Gasteiger partial charge on any atom is 0.573 e. The molecule has 0 unspecified atom stereocenters. The topological polar surface area (TPSA) is 114 Å². The zero-order chi connectivity index (χ0) is 34.4. The molecule has 0 spiro atoms. The SMILES string of the molecule is N#CC(C#N)=C1C2=C(C(=C(C#N)C#N)c3cc(-c4ccc(OC(F)(F)F)cc4)ccc32)c2ccc(-c3ccc(OC(F)(F)F)cc3)cc21. The van der Waals surface area contributed by atoms with Crippen LogP contribution >= 0.6 is 0 Å². The molecule has 0 saturated heterocycles. The van der Waals surface area contributed by atoms with Gasteiger partial charge < -0.3 is 9.47 Å². The Morgan fingerprint density at radius 3 is 1.04 bits per heavy atom. The van der Waals surface area contributed by atoms with Crippen LogP contribution in [0.2, 0.25) is 0 Å². The van der Waals surface area contributed by atoms with E-state index in [1.54, 1.807) is 36.4 Å². The Morgan fingerprint density at radius 1 is 0.438 bits per heavy atom. The molecule has 0 saturated carbocycles. The van der Waals surface area contributed by atoms with Crippen molar-refractivity contribution in [2.24, 2.45) is 0 Å². The highest BCUT2D eigenvalue weighted by atomic mass is 19.4. The third-order valence-corrected chi connectivity index (χ3v) is 7.66. The summed E-state index contributed by atoms with van der Waals surface area (Å²) < 4.78 is 83.9. The molecule has 48 heavy (non-hydrogen) atoms. The van der Waals surface area contributed by atoms with Gasteiger partial charge in [-0.15, -0.1) is 26.3 Å². The Morgan fingerprint density at radius 2 is 0.750 bits per heavy atom. The number of fused-ring (bicyclic) bond motifs is 4. The molecule has 232 valence electrons. The lowest BCUT2D eigenvalue weighted by molar-refractivity contribution is -0.275. The average molecular weight is 649 g/mol. The van der Waals surface area contributed by atoms with E-state index in [2.05, 4.69) is 9.47 Å². The van der Waals surface area contributed by atoms with Crippen LogP contribution in [-0.4, -0.2) is 12.7 Å². The average Bonchev–Trinajstić information content (AvgIpc) is 3.54. The van der Waals surface area contributed by atoms with E-state index in [9.17, 15) is 47.4 Å². The van der Waals surface area contributed by atoms with Gasteiger partial charge in [0, 0.05) is 22.3 Å². The van der Waals surface area contributed by atoms with Crippen LogP contribution in [0.1, 0.15) is 22.3 Å². The maximum atomic E-state index is 12.7. The van der Waals surface area contributed by atoms with Crippen LogP contribution in [0.3, 0.4) is 0 Å². The monoisotopic (exact) mass is 648 g/mol. The molecule has 2 aliphatic carbocycles. The number of ether oxygens (including phenoxy) is 2. The Hall–Kier alpha value is -6.76. The molecule has 0 amide bonds. The van der Waals surface area contributed by atoms with Gasteiger partial charge in [0.05, 0.1) is 0 Å². The molecule has 2 aliphatic rings. The molecule has 0 atom stereocenters. The number of nitriles is 4. The molecule has 0 N–H and O–H groups in total. The third-order valence-electron chi connectivity index (χ3n) is 7.66. The first-order valence-corrected chi connectivity index (χ1v) is 13.7. The second kappa shape index (κ2) is 11.6. The normalized spacial score (nSPS) is 13.0. The smallest absolute Gasteiger partial charge is 0.406 e. The lowest BCUT2D eigenvalue weighted by Crippen LogP contribution is -2.16. The van der Waals surface area contributed by atoms with Gasteiger partial charge in [-0.3, -0.25) is 0 Å². The lowest BCUT2D eigenvalue weighted by atomic mass is 9.87. The van der Waals surface area contributed by atoms with Gasteiger partial charge in [-0.2, -0.15) is 21.0 Å². The molecule has 0 fully saturated rings. The summed E-state index contributed by atoms with van der Waals surface area (Å²) in [6.07, 6.45) is -9.73. The minimum atomic E-state index is -4.86. The van der Waals surface area contributed by atoms with Crippen LogP contribution in [-0.2, 0) is 0 Å². The largest absolute Gasteiger partial charge is 0.573 e. The molecule has 0 aromatic heterocycles. The van der Waals surface area contributed by atoms with E-state index in [-0.39, 0.29) is 22.3 Å². The van der Waals surface area contributed by atoms with Gasteiger partial charge in [-0.05, 0) is 80.9 Å². The lowest BCUT2D eigenvalue weighted by Gasteiger charge is -2.15. The Bertz CT molecular complexity index is 2090. The van der Waals surface area contributed by atoms with Gasteiger partial charge in [0.1, 0.15) is 46.9 Å². The van der Waals surface area contributed by atoms with Crippen molar-refractivity contribution in [1.29, 1.82) is 21.0 Å². The second-order valence-corrected chi connectivity index (χ2v) is 10.4. The maximum absolute atomic E-state index is 12.7. The zero-order valence-corrected chi connectivity index (χ0v) is 24.0. The quantitative estimate of drug-likeness (QED) is 0.161. The summed E-state index contributed by atoms with van der Waals surface area (Å²) in [5, 5.41) is 39.9. The standard InChI is InChI=1S/C36H14F6N4O2/c37-35(38,39)47-25-7-1-19(2-8-25)21-5-11-27-29(13-21)31(23(15-43)16-44)34-28-12-6-22(14-30(28)32(33(27)34)24(17-45)18-46)20-3-9-26(10-4-20)48-36(40,41)42/h1-14H. The van der Waals surface area contributed by atoms with Crippen molar-refractivity contribution in [3.05, 3.63) is 118 Å². The molecular weight excluding hydrogens is 634 g/mol. The zero-order valence-electron chi connectivity index (χ0n) is 24.0. The summed E-state index contributed by atoms with van der Waals surface area (Å²) in [7, 11) is 0. The Labute approximate surface area is 268 Å². The number of nitrogens with zero attached hydrogens (tertiary/aromatic N) is 4. The summed E-state index contributed by atoms with van der Waals surface area (Å²) in [5.74, 6) is -0.830. The van der Waals surface area contributed by atoms with E-state index in [0.29, 0.717) is 55.7 Å². The molecule has 12 heteroatoms. The predicted molar refractivity (Wildman–Crippen MR) is 160 cm³/mol. The fourth-order valence-corrected chi connectivity index (χ4v) is 5.85. The fraction of sp³-hybridized carbons (Fsp3) is 0.0556. The highest BCUT2D eigenvalue weighted by molar-refractivity contribution is 6.38. The number of hydrogen-bond acceptors (Lipinski definition) is 6. The highest BCUT2D eigenvalue weighted by Crippen LogP contribution is 2.59. The first-order valence-electron chi connectivity index (χ1n) is 13.7. The van der Waals surface area contributed by atoms with Crippen molar-refractivity contribution in [3.63, 3.8) is 0 Å². The van der Waals surface area contributed by atoms with E-state index in [1.807, 2.05) is 24.3 Å². The van der Waals surface area contributed by atoms with Gasteiger partial charge in [0.2, 0.25) is 0 Å². The van der Waals surface area contributed by atoms with Crippen molar-refractivity contribution >= 4 is 22.3 Å². The van der Waals surface area contributed by atoms with Gasteiger partial charge in [0.15, 0.2) is 0 Å². The third kappa shape index (κ3) is 5.60. The first-order chi connectivity index (χ1) is 22.9. The van der Waals surface area contributed by atoms with Crippen molar-refractivity contribution in [3.8, 4) is 58.0 Å². The summed E-state index contributed by atoms with van der Waals surface area (Å²) in [4.78, 5) is 0. The van der Waals surface area contributed by atoms with Crippen LogP contribution in [0.5, 0.6) is 11.5 Å². The molecule has 0 bridgehead atoms. The van der Waals surface area contributed by atoms with E-state index in [4.69, 9.17) is 0 Å². The first kappa shape index (κ1) is 31.2. The van der Waals surface area contributed by atoms with Crippen molar-refractivity contribution in [1.82, 2.24) is 0 Å². The number of allylic oxidation sites excluding steroid dienone is 6. The summed E-state index contributed by atoms with van der Waals surface area (Å²) in [6, 6.07) is 28.0. The van der Waals surface area contributed by atoms with Gasteiger partial charge >= 0.3 is 12.7 Å².